The monoisotopic (exact) mass is 304 g/mol. The molecular weight excluding hydrogens is 291 g/mol. The number of benzene rings is 1. The van der Waals surface area contributed by atoms with Crippen LogP contribution in [-0.2, 0) is 19.6 Å². The standard InChI is InChI=1S/C10H13FN4O4S/c11-6-1-2-7(12)8(3-6)20(18,19)15(4-9(13)16)5-10(14)17/h1-3H,4-5,12H2,(H2,13,16)(H2,14,17). The first-order valence-electron chi connectivity index (χ1n) is 5.26. The fourth-order valence-corrected chi connectivity index (χ4v) is 2.94. The van der Waals surface area contributed by atoms with Crippen LogP contribution in [0.4, 0.5) is 10.1 Å². The lowest BCUT2D eigenvalue weighted by molar-refractivity contribution is -0.120. The molecule has 0 spiro atoms. The fourth-order valence-electron chi connectivity index (χ4n) is 1.44. The van der Waals surface area contributed by atoms with Crippen LogP contribution >= 0.6 is 0 Å². The van der Waals surface area contributed by atoms with E-state index in [2.05, 4.69) is 0 Å². The molecule has 0 saturated heterocycles. The molecule has 0 saturated carbocycles. The lowest BCUT2D eigenvalue weighted by Gasteiger charge is -2.20. The Kier molecular flexibility index (Phi) is 4.63. The molecule has 0 unspecified atom stereocenters. The zero-order valence-electron chi connectivity index (χ0n) is 10.2. The van der Waals surface area contributed by atoms with Crippen LogP contribution in [0.15, 0.2) is 23.1 Å². The third kappa shape index (κ3) is 3.65. The number of halogens is 1. The molecule has 10 heteroatoms. The summed E-state index contributed by atoms with van der Waals surface area (Å²) in [5.74, 6) is -2.83. The molecule has 0 fully saturated rings. The van der Waals surface area contributed by atoms with Gasteiger partial charge in [0.1, 0.15) is 10.7 Å². The van der Waals surface area contributed by atoms with Gasteiger partial charge in [-0.3, -0.25) is 9.59 Å². The number of primary amides is 2. The van der Waals surface area contributed by atoms with E-state index >= 15 is 0 Å². The third-order valence-electron chi connectivity index (χ3n) is 2.26. The Morgan fingerprint density at radius 2 is 1.65 bits per heavy atom. The Hall–Kier alpha value is -2.20. The van der Waals surface area contributed by atoms with Crippen LogP contribution in [0, 0.1) is 5.82 Å². The smallest absolute Gasteiger partial charge is 0.246 e. The lowest BCUT2D eigenvalue weighted by atomic mass is 10.3. The average molecular weight is 304 g/mol. The largest absolute Gasteiger partial charge is 0.398 e. The number of sulfonamides is 1. The Morgan fingerprint density at radius 1 is 1.15 bits per heavy atom. The molecule has 110 valence electrons. The highest BCUT2D eigenvalue weighted by Crippen LogP contribution is 2.23. The molecule has 0 aliphatic rings. The SMILES string of the molecule is NC(=O)CN(CC(N)=O)S(=O)(=O)c1cc(F)ccc1N. The maximum atomic E-state index is 13.1. The number of hydrogen-bond donors (Lipinski definition) is 3. The van der Waals surface area contributed by atoms with E-state index in [1.807, 2.05) is 0 Å². The van der Waals surface area contributed by atoms with Crippen molar-refractivity contribution < 1.29 is 22.4 Å². The van der Waals surface area contributed by atoms with Gasteiger partial charge in [-0.2, -0.15) is 4.31 Å². The Morgan fingerprint density at radius 3 is 2.10 bits per heavy atom. The van der Waals surface area contributed by atoms with E-state index in [0.717, 1.165) is 12.1 Å². The van der Waals surface area contributed by atoms with Crippen molar-refractivity contribution >= 4 is 27.5 Å². The minimum Gasteiger partial charge on any atom is -0.398 e. The number of nitrogens with zero attached hydrogens (tertiary/aromatic N) is 1. The van der Waals surface area contributed by atoms with E-state index < -0.39 is 45.6 Å². The zero-order chi connectivity index (χ0) is 15.5. The maximum absolute atomic E-state index is 13.1. The fraction of sp³-hybridized carbons (Fsp3) is 0.200. The summed E-state index contributed by atoms with van der Waals surface area (Å²) in [6.45, 7) is -1.55. The van der Waals surface area contributed by atoms with Crippen LogP contribution < -0.4 is 17.2 Å². The highest BCUT2D eigenvalue weighted by atomic mass is 32.2. The quantitative estimate of drug-likeness (QED) is 0.539. The predicted octanol–water partition coefficient (Wildman–Crippen LogP) is -1.63. The number of amides is 2. The van der Waals surface area contributed by atoms with Crippen LogP contribution in [0.25, 0.3) is 0 Å². The summed E-state index contributed by atoms with van der Waals surface area (Å²) in [7, 11) is -4.38. The lowest BCUT2D eigenvalue weighted by Crippen LogP contribution is -2.43. The topological polar surface area (TPSA) is 150 Å². The van der Waals surface area contributed by atoms with Gasteiger partial charge < -0.3 is 17.2 Å². The maximum Gasteiger partial charge on any atom is 0.246 e. The second kappa shape index (κ2) is 5.84. The first-order chi connectivity index (χ1) is 9.14. The summed E-state index contributed by atoms with van der Waals surface area (Å²) in [6.07, 6.45) is 0. The molecule has 0 atom stereocenters. The first-order valence-corrected chi connectivity index (χ1v) is 6.70. The summed E-state index contributed by atoms with van der Waals surface area (Å²) in [4.78, 5) is 21.2. The van der Waals surface area contributed by atoms with Crippen LogP contribution in [0.3, 0.4) is 0 Å². The molecule has 0 aliphatic carbocycles. The van der Waals surface area contributed by atoms with Gasteiger partial charge in [-0.15, -0.1) is 0 Å². The van der Waals surface area contributed by atoms with Gasteiger partial charge in [0.05, 0.1) is 18.8 Å². The van der Waals surface area contributed by atoms with Gasteiger partial charge in [-0.1, -0.05) is 0 Å². The molecular formula is C10H13FN4O4S. The molecule has 1 rings (SSSR count). The highest BCUT2D eigenvalue weighted by molar-refractivity contribution is 7.89. The number of nitrogens with two attached hydrogens (primary N) is 3. The van der Waals surface area contributed by atoms with Crippen molar-refractivity contribution in [3.8, 4) is 0 Å². The second-order valence-electron chi connectivity index (χ2n) is 3.89. The van der Waals surface area contributed by atoms with Crippen LogP contribution in [0.2, 0.25) is 0 Å². The van der Waals surface area contributed by atoms with Crippen molar-refractivity contribution in [2.75, 3.05) is 18.8 Å². The van der Waals surface area contributed by atoms with Crippen LogP contribution in [0.1, 0.15) is 0 Å². The predicted molar refractivity (Wildman–Crippen MR) is 68.0 cm³/mol. The van der Waals surface area contributed by atoms with Crippen molar-refractivity contribution in [1.29, 1.82) is 0 Å². The van der Waals surface area contributed by atoms with Gasteiger partial charge in [0.15, 0.2) is 0 Å². The molecule has 1 aromatic rings. The first kappa shape index (κ1) is 15.9. The average Bonchev–Trinajstić information content (AvgIpc) is 2.30. The minimum absolute atomic E-state index is 0.231. The summed E-state index contributed by atoms with van der Waals surface area (Å²) in [5, 5.41) is 0. The normalized spacial score (nSPS) is 11.5. The molecule has 0 bridgehead atoms. The number of hydrogen-bond acceptors (Lipinski definition) is 5. The van der Waals surface area contributed by atoms with Gasteiger partial charge in [-0.05, 0) is 18.2 Å². The number of carbonyl (C=O) groups is 2. The summed E-state index contributed by atoms with van der Waals surface area (Å²) in [5.41, 5.74) is 15.1. The van der Waals surface area contributed by atoms with Gasteiger partial charge in [0.2, 0.25) is 21.8 Å². The summed E-state index contributed by atoms with van der Waals surface area (Å²) < 4.78 is 38.1. The number of rotatable bonds is 6. The second-order valence-corrected chi connectivity index (χ2v) is 5.79. The van der Waals surface area contributed by atoms with Crippen molar-refractivity contribution in [2.24, 2.45) is 11.5 Å². The molecule has 20 heavy (non-hydrogen) atoms. The molecule has 8 nitrogen and oxygen atoms in total. The molecule has 0 aromatic heterocycles. The van der Waals surface area contributed by atoms with E-state index in [9.17, 15) is 22.4 Å². The Bertz CT molecular complexity index is 631. The van der Waals surface area contributed by atoms with E-state index in [1.165, 1.54) is 0 Å². The third-order valence-corrected chi connectivity index (χ3v) is 4.11. The highest BCUT2D eigenvalue weighted by Gasteiger charge is 2.29. The Labute approximate surface area is 114 Å². The van der Waals surface area contributed by atoms with Crippen molar-refractivity contribution in [3.63, 3.8) is 0 Å². The van der Waals surface area contributed by atoms with Crippen molar-refractivity contribution in [2.45, 2.75) is 4.90 Å². The summed E-state index contributed by atoms with van der Waals surface area (Å²) in [6, 6.07) is 2.70. The number of anilines is 1. The summed E-state index contributed by atoms with van der Waals surface area (Å²) >= 11 is 0. The van der Waals surface area contributed by atoms with Crippen LogP contribution in [-0.4, -0.2) is 37.6 Å². The van der Waals surface area contributed by atoms with Gasteiger partial charge in [-0.25, -0.2) is 12.8 Å². The molecule has 2 amide bonds. The Balaban J connectivity index is 3.31. The van der Waals surface area contributed by atoms with Gasteiger partial charge in [0, 0.05) is 0 Å². The number of nitrogen functional groups attached to an aromatic ring is 1. The van der Waals surface area contributed by atoms with Gasteiger partial charge in [0.25, 0.3) is 0 Å². The van der Waals surface area contributed by atoms with Crippen molar-refractivity contribution in [3.05, 3.63) is 24.0 Å². The molecule has 1 aromatic carbocycles. The minimum atomic E-state index is -4.38. The van der Waals surface area contributed by atoms with Crippen molar-refractivity contribution in [1.82, 2.24) is 4.31 Å². The molecule has 0 heterocycles. The molecule has 0 aliphatic heterocycles. The number of carbonyl (C=O) groups excluding carboxylic acids is 2. The van der Waals surface area contributed by atoms with E-state index in [4.69, 9.17) is 17.2 Å². The van der Waals surface area contributed by atoms with Crippen LogP contribution in [0.5, 0.6) is 0 Å². The van der Waals surface area contributed by atoms with E-state index in [-0.39, 0.29) is 5.69 Å². The zero-order valence-corrected chi connectivity index (χ0v) is 11.1. The molecule has 6 N–H and O–H groups in total. The van der Waals surface area contributed by atoms with Gasteiger partial charge >= 0.3 is 0 Å². The van der Waals surface area contributed by atoms with E-state index in [0.29, 0.717) is 10.4 Å². The van der Waals surface area contributed by atoms with E-state index in [1.54, 1.807) is 0 Å². The molecule has 0 radical (unpaired) electrons.